The summed E-state index contributed by atoms with van der Waals surface area (Å²) in [7, 11) is 0. The summed E-state index contributed by atoms with van der Waals surface area (Å²) in [5, 5.41) is 3.14. The third kappa shape index (κ3) is 4.05. The monoisotopic (exact) mass is 343 g/mol. The van der Waals surface area contributed by atoms with Crippen molar-refractivity contribution in [2.45, 2.75) is 20.8 Å². The van der Waals surface area contributed by atoms with Gasteiger partial charge in [0.15, 0.2) is 5.78 Å². The Bertz CT molecular complexity index is 704. The van der Waals surface area contributed by atoms with Crippen molar-refractivity contribution in [1.29, 1.82) is 0 Å². The van der Waals surface area contributed by atoms with E-state index in [4.69, 9.17) is 0 Å². The zero-order chi connectivity index (χ0) is 15.4. The normalized spacial score (nSPS) is 10.9. The number of carbonyl (C=O) groups excluding carboxylic acids is 1. The third-order valence-electron chi connectivity index (χ3n) is 3.45. The molecule has 0 aliphatic heterocycles. The average molecular weight is 344 g/mol. The van der Waals surface area contributed by atoms with Crippen LogP contribution in [-0.2, 0) is 0 Å². The number of anilines is 1. The van der Waals surface area contributed by atoms with Gasteiger partial charge in [-0.05, 0) is 61.7 Å². The fourth-order valence-electron chi connectivity index (χ4n) is 1.99. The van der Waals surface area contributed by atoms with Crippen molar-refractivity contribution in [3.8, 4) is 0 Å². The highest BCUT2D eigenvalue weighted by Crippen LogP contribution is 2.20. The second-order valence-corrected chi connectivity index (χ2v) is 6.02. The first kappa shape index (κ1) is 15.5. The maximum atomic E-state index is 12.1. The first-order chi connectivity index (χ1) is 9.97. The predicted octanol–water partition coefficient (Wildman–Crippen LogP) is 5.18. The van der Waals surface area contributed by atoms with Gasteiger partial charge < -0.3 is 5.32 Å². The first-order valence-corrected chi connectivity index (χ1v) is 7.57. The Morgan fingerprint density at radius 3 is 2.43 bits per heavy atom. The molecule has 2 nitrogen and oxygen atoms in total. The Morgan fingerprint density at radius 1 is 1.00 bits per heavy atom. The molecule has 0 heterocycles. The molecule has 2 aromatic rings. The minimum Gasteiger partial charge on any atom is -0.361 e. The minimum absolute atomic E-state index is 0.000338. The molecule has 2 rings (SSSR count). The Labute approximate surface area is 134 Å². The van der Waals surface area contributed by atoms with Gasteiger partial charge in [0.25, 0.3) is 0 Å². The fraction of sp³-hybridized carbons (Fsp3) is 0.167. The molecule has 0 unspecified atom stereocenters. The third-order valence-corrected chi connectivity index (χ3v) is 3.95. The number of halogens is 1. The van der Waals surface area contributed by atoms with Crippen LogP contribution < -0.4 is 5.32 Å². The maximum absolute atomic E-state index is 12.1. The summed E-state index contributed by atoms with van der Waals surface area (Å²) in [6.45, 7) is 6.07. The molecule has 21 heavy (non-hydrogen) atoms. The minimum atomic E-state index is 0.000338. The van der Waals surface area contributed by atoms with Crippen LogP contribution in [0.1, 0.15) is 27.0 Å². The van der Waals surface area contributed by atoms with Crippen LogP contribution in [-0.4, -0.2) is 5.78 Å². The van der Waals surface area contributed by atoms with E-state index in [9.17, 15) is 4.79 Å². The van der Waals surface area contributed by atoms with Gasteiger partial charge >= 0.3 is 0 Å². The highest BCUT2D eigenvalue weighted by atomic mass is 79.9. The van der Waals surface area contributed by atoms with Crippen molar-refractivity contribution in [2.24, 2.45) is 0 Å². The lowest BCUT2D eigenvalue weighted by atomic mass is 10.0. The first-order valence-electron chi connectivity index (χ1n) is 6.78. The van der Waals surface area contributed by atoms with Crippen LogP contribution in [0.4, 0.5) is 5.69 Å². The molecular weight excluding hydrogens is 326 g/mol. The van der Waals surface area contributed by atoms with Crippen LogP contribution in [0, 0.1) is 20.8 Å². The van der Waals surface area contributed by atoms with Crippen molar-refractivity contribution in [3.05, 3.63) is 75.4 Å². The second kappa shape index (κ2) is 6.72. The SMILES string of the molecule is Cc1ccc(C(=O)/C=C/Nc2ccc(Br)cc2C)cc1C. The Kier molecular flexibility index (Phi) is 4.97. The number of carbonyl (C=O) groups is 1. The molecule has 0 atom stereocenters. The van der Waals surface area contributed by atoms with Crippen LogP contribution in [0.25, 0.3) is 0 Å². The van der Waals surface area contributed by atoms with Gasteiger partial charge in [-0.25, -0.2) is 0 Å². The number of hydrogen-bond donors (Lipinski definition) is 1. The van der Waals surface area contributed by atoms with Gasteiger partial charge in [0.1, 0.15) is 0 Å². The van der Waals surface area contributed by atoms with Crippen LogP contribution in [0.5, 0.6) is 0 Å². The van der Waals surface area contributed by atoms with Crippen molar-refractivity contribution >= 4 is 27.4 Å². The van der Waals surface area contributed by atoms with E-state index in [0.29, 0.717) is 5.56 Å². The molecule has 0 radical (unpaired) electrons. The number of hydrogen-bond acceptors (Lipinski definition) is 2. The maximum Gasteiger partial charge on any atom is 0.187 e. The van der Waals surface area contributed by atoms with E-state index in [1.54, 1.807) is 12.3 Å². The van der Waals surface area contributed by atoms with Gasteiger partial charge in [0.05, 0.1) is 0 Å². The van der Waals surface area contributed by atoms with Crippen molar-refractivity contribution in [2.75, 3.05) is 5.32 Å². The number of ketones is 1. The summed E-state index contributed by atoms with van der Waals surface area (Å²) in [5.74, 6) is 0.000338. The van der Waals surface area contributed by atoms with Crippen LogP contribution >= 0.6 is 15.9 Å². The second-order valence-electron chi connectivity index (χ2n) is 5.10. The molecule has 0 aromatic heterocycles. The molecule has 1 N–H and O–H groups in total. The molecule has 0 fully saturated rings. The lowest BCUT2D eigenvalue weighted by molar-refractivity contribution is 0.104. The smallest absolute Gasteiger partial charge is 0.187 e. The zero-order valence-electron chi connectivity index (χ0n) is 12.4. The van der Waals surface area contributed by atoms with E-state index >= 15 is 0 Å². The predicted molar refractivity (Wildman–Crippen MR) is 91.9 cm³/mol. The molecule has 3 heteroatoms. The summed E-state index contributed by atoms with van der Waals surface area (Å²) in [5.41, 5.74) is 5.14. The zero-order valence-corrected chi connectivity index (χ0v) is 14.0. The highest BCUT2D eigenvalue weighted by molar-refractivity contribution is 9.10. The molecule has 0 saturated carbocycles. The van der Waals surface area contributed by atoms with Crippen LogP contribution in [0.2, 0.25) is 0 Å². The van der Waals surface area contributed by atoms with Gasteiger partial charge in [-0.3, -0.25) is 4.79 Å². The summed E-state index contributed by atoms with van der Waals surface area (Å²) in [6.07, 6.45) is 3.25. The number of allylic oxidation sites excluding steroid dienone is 1. The Hall–Kier alpha value is -1.87. The molecule has 0 aliphatic carbocycles. The van der Waals surface area contributed by atoms with Crippen molar-refractivity contribution in [1.82, 2.24) is 0 Å². The fourth-order valence-corrected chi connectivity index (χ4v) is 2.46. The summed E-state index contributed by atoms with van der Waals surface area (Å²) in [4.78, 5) is 12.1. The van der Waals surface area contributed by atoms with E-state index in [-0.39, 0.29) is 5.78 Å². The van der Waals surface area contributed by atoms with Crippen LogP contribution in [0.15, 0.2) is 53.1 Å². The van der Waals surface area contributed by atoms with Crippen LogP contribution in [0.3, 0.4) is 0 Å². The lowest BCUT2D eigenvalue weighted by Crippen LogP contribution is -1.98. The van der Waals surface area contributed by atoms with E-state index in [2.05, 4.69) is 21.2 Å². The van der Waals surface area contributed by atoms with Gasteiger partial charge in [-0.2, -0.15) is 0 Å². The quantitative estimate of drug-likeness (QED) is 0.611. The molecule has 0 spiro atoms. The van der Waals surface area contributed by atoms with Gasteiger partial charge in [0, 0.05) is 28.0 Å². The van der Waals surface area contributed by atoms with Crippen molar-refractivity contribution in [3.63, 3.8) is 0 Å². The number of rotatable bonds is 4. The molecule has 2 aromatic carbocycles. The largest absolute Gasteiger partial charge is 0.361 e. The number of benzene rings is 2. The van der Waals surface area contributed by atoms with Gasteiger partial charge in [-0.1, -0.05) is 28.1 Å². The number of aryl methyl sites for hydroxylation is 3. The van der Waals surface area contributed by atoms with E-state index in [1.165, 1.54) is 5.56 Å². The van der Waals surface area contributed by atoms with Gasteiger partial charge in [-0.15, -0.1) is 0 Å². The molecule has 0 saturated heterocycles. The summed E-state index contributed by atoms with van der Waals surface area (Å²) in [6, 6.07) is 11.7. The molecule has 0 bridgehead atoms. The van der Waals surface area contributed by atoms with E-state index in [0.717, 1.165) is 21.3 Å². The molecular formula is C18H18BrNO. The standard InChI is InChI=1S/C18H18BrNO/c1-12-4-5-15(10-13(12)2)18(21)8-9-20-17-7-6-16(19)11-14(17)3/h4-11,20H,1-3H3/b9-8+. The highest BCUT2D eigenvalue weighted by Gasteiger charge is 2.03. The Balaban J connectivity index is 2.06. The lowest BCUT2D eigenvalue weighted by Gasteiger charge is -2.05. The van der Waals surface area contributed by atoms with E-state index < -0.39 is 0 Å². The Morgan fingerprint density at radius 2 is 1.76 bits per heavy atom. The molecule has 0 aliphatic rings. The van der Waals surface area contributed by atoms with Gasteiger partial charge in [0.2, 0.25) is 0 Å². The molecule has 0 amide bonds. The number of nitrogens with one attached hydrogen (secondary N) is 1. The average Bonchev–Trinajstić information content (AvgIpc) is 2.44. The topological polar surface area (TPSA) is 29.1 Å². The van der Waals surface area contributed by atoms with Crippen molar-refractivity contribution < 1.29 is 4.79 Å². The van der Waals surface area contributed by atoms with E-state index in [1.807, 2.05) is 57.2 Å². The summed E-state index contributed by atoms with van der Waals surface area (Å²) < 4.78 is 1.04. The summed E-state index contributed by atoms with van der Waals surface area (Å²) >= 11 is 3.43. The molecule has 108 valence electrons.